The van der Waals surface area contributed by atoms with Gasteiger partial charge < -0.3 is 10.0 Å². The van der Waals surface area contributed by atoms with Gasteiger partial charge in [-0.3, -0.25) is 4.79 Å². The minimum Gasteiger partial charge on any atom is -0.479 e. The number of carboxylic acids is 1. The summed E-state index contributed by atoms with van der Waals surface area (Å²) >= 11 is 5.79. The zero-order valence-electron chi connectivity index (χ0n) is 10.3. The van der Waals surface area contributed by atoms with Gasteiger partial charge in [-0.15, -0.1) is 6.58 Å². The van der Waals surface area contributed by atoms with Gasteiger partial charge in [-0.25, -0.2) is 4.79 Å². The molecule has 1 aromatic carbocycles. The molecule has 1 aromatic rings. The van der Waals surface area contributed by atoms with Crippen LogP contribution in [0.2, 0.25) is 5.02 Å². The third kappa shape index (κ3) is 2.79. The third-order valence-electron chi connectivity index (χ3n) is 3.25. The molecular weight excluding hydrogens is 266 g/mol. The Morgan fingerprint density at radius 3 is 2.58 bits per heavy atom. The van der Waals surface area contributed by atoms with Crippen LogP contribution in [0.1, 0.15) is 18.0 Å². The number of nitrogens with zero attached hydrogens (tertiary/aromatic N) is 1. The van der Waals surface area contributed by atoms with Crippen LogP contribution in [0.15, 0.2) is 36.9 Å². The number of benzene rings is 1. The zero-order valence-corrected chi connectivity index (χ0v) is 11.0. The molecule has 1 N–H and O–H groups in total. The lowest BCUT2D eigenvalue weighted by atomic mass is 10.1. The van der Waals surface area contributed by atoms with Crippen molar-refractivity contribution >= 4 is 23.5 Å². The molecule has 0 aliphatic carbocycles. The molecule has 0 saturated carbocycles. The molecule has 0 bridgehead atoms. The maximum atomic E-state index is 11.9. The molecule has 2 rings (SSSR count). The highest BCUT2D eigenvalue weighted by atomic mass is 35.5. The van der Waals surface area contributed by atoms with E-state index in [0.717, 1.165) is 0 Å². The van der Waals surface area contributed by atoms with E-state index in [4.69, 9.17) is 11.6 Å². The van der Waals surface area contributed by atoms with Gasteiger partial charge in [0.2, 0.25) is 5.91 Å². The number of halogens is 1. The van der Waals surface area contributed by atoms with Gasteiger partial charge in [-0.1, -0.05) is 29.8 Å². The fourth-order valence-corrected chi connectivity index (χ4v) is 2.39. The number of carboxylic acid groups (broad SMARTS) is 1. The summed E-state index contributed by atoms with van der Waals surface area (Å²) in [5, 5.41) is 9.91. The van der Waals surface area contributed by atoms with Crippen molar-refractivity contribution in [2.45, 2.75) is 12.5 Å². The van der Waals surface area contributed by atoms with Gasteiger partial charge >= 0.3 is 5.97 Å². The highest BCUT2D eigenvalue weighted by Crippen LogP contribution is 2.30. The second-order valence-electron chi connectivity index (χ2n) is 4.54. The largest absolute Gasteiger partial charge is 0.479 e. The first-order valence-corrected chi connectivity index (χ1v) is 6.31. The number of hydrogen-bond donors (Lipinski definition) is 1. The molecule has 5 heteroatoms. The number of hydrogen-bond acceptors (Lipinski definition) is 2. The van der Waals surface area contributed by atoms with E-state index in [2.05, 4.69) is 6.58 Å². The number of amides is 1. The Kier molecular flexibility index (Phi) is 3.90. The number of likely N-dealkylation sites (tertiary alicyclic amines) is 1. The molecule has 2 unspecified atom stereocenters. The molecular formula is C14H14ClNO3. The van der Waals surface area contributed by atoms with Crippen molar-refractivity contribution in [3.05, 3.63) is 47.5 Å². The fraction of sp³-hybridized carbons (Fsp3) is 0.286. The van der Waals surface area contributed by atoms with Gasteiger partial charge in [0.05, 0.1) is 0 Å². The Bertz CT molecular complexity index is 512. The van der Waals surface area contributed by atoms with Crippen LogP contribution in [0.4, 0.5) is 0 Å². The summed E-state index contributed by atoms with van der Waals surface area (Å²) in [6, 6.07) is 5.55. The normalized spacial score (nSPS) is 20.4. The summed E-state index contributed by atoms with van der Waals surface area (Å²) in [5.41, 5.74) is 0.551. The molecule has 1 fully saturated rings. The average Bonchev–Trinajstić information content (AvgIpc) is 2.73. The van der Waals surface area contributed by atoms with Crippen molar-refractivity contribution in [1.29, 1.82) is 0 Å². The Morgan fingerprint density at radius 2 is 2.11 bits per heavy atom. The molecule has 1 aliphatic heterocycles. The van der Waals surface area contributed by atoms with Crippen molar-refractivity contribution in [3.63, 3.8) is 0 Å². The SMILES string of the molecule is C=CC1CC(=O)N(C(C(=O)O)c2ccc(Cl)cc2)C1. The maximum Gasteiger partial charge on any atom is 0.331 e. The lowest BCUT2D eigenvalue weighted by Crippen LogP contribution is -2.35. The second-order valence-corrected chi connectivity index (χ2v) is 4.97. The van der Waals surface area contributed by atoms with Crippen LogP contribution in [0, 0.1) is 5.92 Å². The van der Waals surface area contributed by atoms with Crippen molar-refractivity contribution in [2.75, 3.05) is 6.54 Å². The van der Waals surface area contributed by atoms with Crippen LogP contribution in [-0.4, -0.2) is 28.4 Å². The van der Waals surface area contributed by atoms with Crippen molar-refractivity contribution in [1.82, 2.24) is 4.90 Å². The maximum absolute atomic E-state index is 11.9. The molecule has 100 valence electrons. The van der Waals surface area contributed by atoms with E-state index in [-0.39, 0.29) is 11.8 Å². The van der Waals surface area contributed by atoms with Crippen LogP contribution in [0.25, 0.3) is 0 Å². The summed E-state index contributed by atoms with van der Waals surface area (Å²) in [4.78, 5) is 24.8. The number of carbonyl (C=O) groups excluding carboxylic acids is 1. The van der Waals surface area contributed by atoms with E-state index in [0.29, 0.717) is 23.6 Å². The van der Waals surface area contributed by atoms with Crippen LogP contribution in [-0.2, 0) is 9.59 Å². The average molecular weight is 280 g/mol. The Balaban J connectivity index is 2.31. The highest BCUT2D eigenvalue weighted by Gasteiger charge is 2.37. The lowest BCUT2D eigenvalue weighted by Gasteiger charge is -2.24. The quantitative estimate of drug-likeness (QED) is 0.862. The smallest absolute Gasteiger partial charge is 0.331 e. The molecule has 0 radical (unpaired) electrons. The molecule has 1 aliphatic rings. The van der Waals surface area contributed by atoms with E-state index in [9.17, 15) is 14.7 Å². The molecule has 1 amide bonds. The molecule has 0 aromatic heterocycles. The van der Waals surface area contributed by atoms with Crippen molar-refractivity contribution in [3.8, 4) is 0 Å². The summed E-state index contributed by atoms with van der Waals surface area (Å²) in [6.45, 7) is 4.05. The van der Waals surface area contributed by atoms with E-state index in [1.807, 2.05) is 0 Å². The van der Waals surface area contributed by atoms with Gasteiger partial charge in [0.25, 0.3) is 0 Å². The standard InChI is InChI=1S/C14H14ClNO3/c1-2-9-7-12(17)16(8-9)13(14(18)19)10-3-5-11(15)6-4-10/h2-6,9,13H,1,7-8H2,(H,18,19). The Morgan fingerprint density at radius 1 is 1.47 bits per heavy atom. The molecule has 4 nitrogen and oxygen atoms in total. The van der Waals surface area contributed by atoms with E-state index >= 15 is 0 Å². The summed E-state index contributed by atoms with van der Waals surface area (Å²) in [5.74, 6) is -1.19. The third-order valence-corrected chi connectivity index (χ3v) is 3.51. The Labute approximate surface area is 116 Å². The number of aliphatic carboxylic acids is 1. The predicted octanol–water partition coefficient (Wildman–Crippen LogP) is 2.50. The topological polar surface area (TPSA) is 57.6 Å². The number of carbonyl (C=O) groups is 2. The first-order chi connectivity index (χ1) is 9.02. The van der Waals surface area contributed by atoms with Crippen LogP contribution in [0.5, 0.6) is 0 Å². The minimum absolute atomic E-state index is 0.0154. The van der Waals surface area contributed by atoms with Crippen LogP contribution < -0.4 is 0 Å². The molecule has 0 spiro atoms. The number of rotatable bonds is 4. The van der Waals surface area contributed by atoms with Crippen LogP contribution >= 0.6 is 11.6 Å². The summed E-state index contributed by atoms with van der Waals surface area (Å²) in [7, 11) is 0. The van der Waals surface area contributed by atoms with Crippen molar-refractivity contribution < 1.29 is 14.7 Å². The van der Waals surface area contributed by atoms with Gasteiger partial charge in [0.1, 0.15) is 0 Å². The van der Waals surface area contributed by atoms with E-state index in [1.54, 1.807) is 30.3 Å². The minimum atomic E-state index is -1.04. The zero-order chi connectivity index (χ0) is 14.0. The predicted molar refractivity (Wildman–Crippen MR) is 71.8 cm³/mol. The van der Waals surface area contributed by atoms with Crippen LogP contribution in [0.3, 0.4) is 0 Å². The lowest BCUT2D eigenvalue weighted by molar-refractivity contribution is -0.148. The monoisotopic (exact) mass is 279 g/mol. The molecule has 1 heterocycles. The summed E-state index contributed by atoms with van der Waals surface area (Å²) in [6.07, 6.45) is 2.01. The Hall–Kier alpha value is -1.81. The fourth-order valence-electron chi connectivity index (χ4n) is 2.27. The van der Waals surface area contributed by atoms with Gasteiger partial charge in [-0.05, 0) is 17.7 Å². The summed E-state index contributed by atoms with van der Waals surface area (Å²) < 4.78 is 0. The second kappa shape index (κ2) is 5.45. The molecule has 1 saturated heterocycles. The van der Waals surface area contributed by atoms with Gasteiger partial charge in [0, 0.05) is 23.9 Å². The molecule has 19 heavy (non-hydrogen) atoms. The molecule has 2 atom stereocenters. The van der Waals surface area contributed by atoms with E-state index in [1.165, 1.54) is 4.90 Å². The van der Waals surface area contributed by atoms with Crippen molar-refractivity contribution in [2.24, 2.45) is 5.92 Å². The van der Waals surface area contributed by atoms with Gasteiger partial charge in [0.15, 0.2) is 6.04 Å². The van der Waals surface area contributed by atoms with Gasteiger partial charge in [-0.2, -0.15) is 0 Å². The highest BCUT2D eigenvalue weighted by molar-refractivity contribution is 6.30. The first-order valence-electron chi connectivity index (χ1n) is 5.93. The van der Waals surface area contributed by atoms with E-state index < -0.39 is 12.0 Å². The first kappa shape index (κ1) is 13.6.